The predicted molar refractivity (Wildman–Crippen MR) is 141 cm³/mol. The number of methoxy groups -OCH3 is 2. The number of ether oxygens (including phenoxy) is 2. The maximum Gasteiger partial charge on any atom is 0.271 e. The van der Waals surface area contributed by atoms with E-state index in [4.69, 9.17) is 9.47 Å². The van der Waals surface area contributed by atoms with Crippen molar-refractivity contribution in [3.05, 3.63) is 82.7 Å². The molecule has 2 aromatic heterocycles. The summed E-state index contributed by atoms with van der Waals surface area (Å²) >= 11 is 0. The third kappa shape index (κ3) is 4.99. The van der Waals surface area contributed by atoms with Crippen LogP contribution in [0.1, 0.15) is 25.5 Å². The molecule has 0 aliphatic carbocycles. The van der Waals surface area contributed by atoms with E-state index in [-0.39, 0.29) is 5.56 Å². The topological polar surface area (TPSA) is 119 Å². The monoisotopic (exact) mass is 538 g/mol. The van der Waals surface area contributed by atoms with E-state index in [2.05, 4.69) is 9.97 Å². The molecule has 0 bridgehead atoms. The lowest BCUT2D eigenvalue weighted by atomic mass is 9.98. The number of rotatable bonds is 9. The minimum absolute atomic E-state index is 0.105. The third-order valence-electron chi connectivity index (χ3n) is 6.14. The zero-order valence-electron chi connectivity index (χ0n) is 21.1. The molecule has 0 amide bonds. The molecule has 0 atom stereocenters. The molecule has 0 fully saturated rings. The number of benzene rings is 2. The molecule has 0 saturated heterocycles. The van der Waals surface area contributed by atoms with Gasteiger partial charge in [-0.25, -0.2) is 17.8 Å². The number of unbranched alkanes of at least 4 members (excludes halogenated alkanes) is 1. The molecular weight excluding hydrogens is 511 g/mol. The van der Waals surface area contributed by atoms with E-state index in [1.807, 2.05) is 6.92 Å². The number of aromatic amines is 1. The Hall–Kier alpha value is -4.18. The minimum atomic E-state index is -4.56. The highest BCUT2D eigenvalue weighted by Crippen LogP contribution is 2.46. The first kappa shape index (κ1) is 26.9. The lowest BCUT2D eigenvalue weighted by Crippen LogP contribution is -2.21. The Balaban J connectivity index is 1.92. The van der Waals surface area contributed by atoms with Crippen molar-refractivity contribution in [1.82, 2.24) is 9.97 Å². The fraction of sp³-hybridized carbons (Fsp3) is 0.214. The number of halogens is 1. The number of pyridine rings is 2. The van der Waals surface area contributed by atoms with Crippen LogP contribution in [-0.2, 0) is 16.3 Å². The molecule has 38 heavy (non-hydrogen) atoms. The molecule has 2 aromatic carbocycles. The van der Waals surface area contributed by atoms with Gasteiger partial charge in [0.1, 0.15) is 23.1 Å². The summed E-state index contributed by atoms with van der Waals surface area (Å²) in [7, 11) is -1.68. The van der Waals surface area contributed by atoms with Crippen LogP contribution in [0.5, 0.6) is 17.2 Å². The van der Waals surface area contributed by atoms with Crippen molar-refractivity contribution in [1.29, 1.82) is 0 Å². The lowest BCUT2D eigenvalue weighted by molar-refractivity contribution is 0.395. The van der Waals surface area contributed by atoms with Crippen LogP contribution in [0.4, 0.5) is 4.39 Å². The minimum Gasteiger partial charge on any atom is -0.506 e. The van der Waals surface area contributed by atoms with Gasteiger partial charge in [-0.1, -0.05) is 31.5 Å². The largest absolute Gasteiger partial charge is 0.506 e. The summed E-state index contributed by atoms with van der Waals surface area (Å²) in [5.41, 5.74) is 0.999. The van der Waals surface area contributed by atoms with Gasteiger partial charge in [0, 0.05) is 17.5 Å². The Labute approximate surface area is 219 Å². The third-order valence-corrected chi connectivity index (χ3v) is 7.85. The Morgan fingerprint density at radius 3 is 2.13 bits per heavy atom. The maximum absolute atomic E-state index is 13.6. The van der Waals surface area contributed by atoms with Crippen molar-refractivity contribution in [2.24, 2.45) is 0 Å². The van der Waals surface area contributed by atoms with Gasteiger partial charge < -0.3 is 19.6 Å². The van der Waals surface area contributed by atoms with Crippen molar-refractivity contribution in [2.45, 2.75) is 36.1 Å². The standard InChI is InChI=1S/C28H27FN2O6S/c1-4-5-7-20-24(25-21(36-2)8-6-9-22(25)37-3)26(32)27(28(33)31-20)38(34,35)23-15-12-18(16-30-23)17-10-13-19(29)14-11-17/h6,8-16H,4-5,7H2,1-3H3,(H2,31,32,33). The maximum atomic E-state index is 13.6. The number of aryl methyl sites for hydroxylation is 1. The van der Waals surface area contributed by atoms with Gasteiger partial charge >= 0.3 is 0 Å². The Morgan fingerprint density at radius 2 is 1.58 bits per heavy atom. The van der Waals surface area contributed by atoms with Gasteiger partial charge in [-0.05, 0) is 54.8 Å². The molecule has 0 unspecified atom stereocenters. The second-order valence-electron chi connectivity index (χ2n) is 8.52. The summed E-state index contributed by atoms with van der Waals surface area (Å²) in [5, 5.41) is 11.0. The first-order valence-electron chi connectivity index (χ1n) is 11.9. The Bertz CT molecular complexity index is 1590. The zero-order chi connectivity index (χ0) is 27.4. The molecule has 0 spiro atoms. The first-order valence-corrected chi connectivity index (χ1v) is 13.4. The summed E-state index contributed by atoms with van der Waals surface area (Å²) in [6.45, 7) is 1.97. The van der Waals surface area contributed by atoms with Gasteiger partial charge in [-0.2, -0.15) is 0 Å². The van der Waals surface area contributed by atoms with Crippen LogP contribution in [0.25, 0.3) is 22.3 Å². The molecule has 0 saturated carbocycles. The van der Waals surface area contributed by atoms with E-state index in [1.54, 1.807) is 30.3 Å². The van der Waals surface area contributed by atoms with E-state index >= 15 is 0 Å². The Kier molecular flexibility index (Phi) is 7.82. The van der Waals surface area contributed by atoms with Crippen molar-refractivity contribution >= 4 is 9.84 Å². The zero-order valence-corrected chi connectivity index (χ0v) is 21.9. The van der Waals surface area contributed by atoms with Crippen LogP contribution in [-0.4, -0.2) is 37.7 Å². The van der Waals surface area contributed by atoms with E-state index in [1.165, 1.54) is 44.7 Å². The number of hydrogen-bond donors (Lipinski definition) is 2. The number of H-pyrrole nitrogens is 1. The molecule has 10 heteroatoms. The number of aromatic hydroxyl groups is 1. The van der Waals surface area contributed by atoms with Gasteiger partial charge in [0.25, 0.3) is 5.56 Å². The van der Waals surface area contributed by atoms with Gasteiger partial charge in [0.15, 0.2) is 9.92 Å². The van der Waals surface area contributed by atoms with Gasteiger partial charge in [-0.15, -0.1) is 0 Å². The van der Waals surface area contributed by atoms with E-state index in [0.29, 0.717) is 46.7 Å². The number of nitrogens with one attached hydrogen (secondary N) is 1. The summed E-state index contributed by atoms with van der Waals surface area (Å²) in [6.07, 6.45) is 3.17. The highest BCUT2D eigenvalue weighted by atomic mass is 32.2. The molecule has 4 rings (SSSR count). The molecule has 8 nitrogen and oxygen atoms in total. The van der Waals surface area contributed by atoms with Crippen LogP contribution < -0.4 is 15.0 Å². The number of hydrogen-bond acceptors (Lipinski definition) is 7. The molecule has 2 N–H and O–H groups in total. The normalized spacial score (nSPS) is 11.4. The van der Waals surface area contributed by atoms with Crippen molar-refractivity contribution in [3.63, 3.8) is 0 Å². The molecule has 0 aliphatic rings. The van der Waals surface area contributed by atoms with Crippen LogP contribution in [0, 0.1) is 5.82 Å². The van der Waals surface area contributed by atoms with Gasteiger partial charge in [0.05, 0.1) is 25.3 Å². The average Bonchev–Trinajstić information content (AvgIpc) is 2.91. The molecule has 2 heterocycles. The fourth-order valence-electron chi connectivity index (χ4n) is 4.23. The second-order valence-corrected chi connectivity index (χ2v) is 10.4. The van der Waals surface area contributed by atoms with Crippen molar-refractivity contribution in [2.75, 3.05) is 14.2 Å². The van der Waals surface area contributed by atoms with Crippen LogP contribution >= 0.6 is 0 Å². The summed E-state index contributed by atoms with van der Waals surface area (Å²) in [4.78, 5) is 19.0. The lowest BCUT2D eigenvalue weighted by Gasteiger charge is -2.19. The van der Waals surface area contributed by atoms with E-state index in [9.17, 15) is 22.7 Å². The first-order chi connectivity index (χ1) is 18.2. The molecule has 0 radical (unpaired) electrons. The Morgan fingerprint density at radius 1 is 0.947 bits per heavy atom. The fourth-order valence-corrected chi connectivity index (χ4v) is 5.53. The van der Waals surface area contributed by atoms with Gasteiger partial charge in [-0.3, -0.25) is 4.79 Å². The summed E-state index contributed by atoms with van der Waals surface area (Å²) in [5.74, 6) is -0.461. The number of aromatic nitrogens is 2. The quantitative estimate of drug-likeness (QED) is 0.303. The highest BCUT2D eigenvalue weighted by molar-refractivity contribution is 7.91. The summed E-state index contributed by atoms with van der Waals surface area (Å²) in [6, 6.07) is 13.4. The summed E-state index contributed by atoms with van der Waals surface area (Å²) < 4.78 is 51.5. The van der Waals surface area contributed by atoms with Crippen LogP contribution in [0.15, 0.2) is 75.5 Å². The van der Waals surface area contributed by atoms with Crippen molar-refractivity contribution < 1.29 is 27.4 Å². The van der Waals surface area contributed by atoms with E-state index in [0.717, 1.165) is 6.42 Å². The second kappa shape index (κ2) is 11.1. The predicted octanol–water partition coefficient (Wildman–Crippen LogP) is 5.14. The molecular formula is C28H27FN2O6S. The number of nitrogens with zero attached hydrogens (tertiary/aromatic N) is 1. The molecule has 198 valence electrons. The molecule has 0 aliphatic heterocycles. The van der Waals surface area contributed by atoms with Gasteiger partial charge in [0.2, 0.25) is 9.84 Å². The SMILES string of the molecule is CCCCc1[nH]c(=O)c(S(=O)(=O)c2ccc(-c3ccc(F)cc3)cn2)c(O)c1-c1c(OC)cccc1OC. The van der Waals surface area contributed by atoms with Crippen molar-refractivity contribution in [3.8, 4) is 39.5 Å². The smallest absolute Gasteiger partial charge is 0.271 e. The number of sulfone groups is 1. The average molecular weight is 539 g/mol. The van der Waals surface area contributed by atoms with Crippen LogP contribution in [0.3, 0.4) is 0 Å². The highest BCUT2D eigenvalue weighted by Gasteiger charge is 2.32. The van der Waals surface area contributed by atoms with Crippen LogP contribution in [0.2, 0.25) is 0 Å². The molecule has 4 aromatic rings. The van der Waals surface area contributed by atoms with E-state index < -0.39 is 36.9 Å².